The number of halogens is 1. The van der Waals surface area contributed by atoms with Gasteiger partial charge >= 0.3 is 0 Å². The normalized spacial score (nSPS) is 16.3. The van der Waals surface area contributed by atoms with Gasteiger partial charge in [-0.25, -0.2) is 14.4 Å². The molecule has 3 heterocycles. The van der Waals surface area contributed by atoms with Gasteiger partial charge in [-0.2, -0.15) is 0 Å². The first-order valence-electron chi connectivity index (χ1n) is 9.49. The van der Waals surface area contributed by atoms with E-state index >= 15 is 0 Å². The fourth-order valence-electron chi connectivity index (χ4n) is 3.45. The molecular formula is C22H23FN4O. The third kappa shape index (κ3) is 4.51. The molecule has 0 amide bonds. The highest BCUT2D eigenvalue weighted by Gasteiger charge is 2.21. The van der Waals surface area contributed by atoms with Crippen molar-refractivity contribution in [3.63, 3.8) is 0 Å². The van der Waals surface area contributed by atoms with Crippen LogP contribution in [-0.2, 0) is 17.8 Å². The van der Waals surface area contributed by atoms with E-state index in [1.54, 1.807) is 12.4 Å². The van der Waals surface area contributed by atoms with Crippen molar-refractivity contribution in [1.82, 2.24) is 15.0 Å². The highest BCUT2D eigenvalue weighted by atomic mass is 19.1. The van der Waals surface area contributed by atoms with E-state index in [1.165, 1.54) is 12.1 Å². The summed E-state index contributed by atoms with van der Waals surface area (Å²) in [4.78, 5) is 15.6. The molecule has 28 heavy (non-hydrogen) atoms. The second-order valence-electron chi connectivity index (χ2n) is 7.10. The van der Waals surface area contributed by atoms with Crippen LogP contribution in [0.15, 0.2) is 54.9 Å². The molecule has 0 bridgehead atoms. The van der Waals surface area contributed by atoms with E-state index < -0.39 is 0 Å². The Labute approximate surface area is 164 Å². The van der Waals surface area contributed by atoms with Gasteiger partial charge in [-0.15, -0.1) is 0 Å². The first-order valence-corrected chi connectivity index (χ1v) is 9.49. The zero-order valence-corrected chi connectivity index (χ0v) is 15.9. The van der Waals surface area contributed by atoms with Gasteiger partial charge in [0, 0.05) is 44.1 Å². The van der Waals surface area contributed by atoms with Gasteiger partial charge in [-0.05, 0) is 48.7 Å². The average Bonchev–Trinajstić information content (AvgIpc) is 3.24. The maximum Gasteiger partial charge on any atom is 0.133 e. The lowest BCUT2D eigenvalue weighted by Gasteiger charge is -2.25. The molecule has 1 aliphatic rings. The highest BCUT2D eigenvalue weighted by Crippen LogP contribution is 2.27. The molecular weight excluding hydrogens is 355 g/mol. The summed E-state index contributed by atoms with van der Waals surface area (Å²) < 4.78 is 18.9. The van der Waals surface area contributed by atoms with E-state index in [4.69, 9.17) is 9.72 Å². The van der Waals surface area contributed by atoms with Crippen LogP contribution in [0.1, 0.15) is 35.0 Å². The van der Waals surface area contributed by atoms with Crippen LogP contribution in [0, 0.1) is 12.7 Å². The number of pyridine rings is 1. The van der Waals surface area contributed by atoms with Crippen LogP contribution in [0.4, 0.5) is 10.2 Å². The minimum Gasteiger partial charge on any atom is -0.381 e. The van der Waals surface area contributed by atoms with Gasteiger partial charge in [0.05, 0.1) is 12.3 Å². The molecule has 0 unspecified atom stereocenters. The van der Waals surface area contributed by atoms with Crippen molar-refractivity contribution in [1.29, 1.82) is 0 Å². The van der Waals surface area contributed by atoms with Crippen molar-refractivity contribution in [3.8, 4) is 0 Å². The summed E-state index contributed by atoms with van der Waals surface area (Å²) in [5.74, 6) is 1.70. The Bertz CT molecular complexity index is 912. The van der Waals surface area contributed by atoms with Crippen LogP contribution in [0.5, 0.6) is 0 Å². The third-order valence-electron chi connectivity index (χ3n) is 4.93. The zero-order chi connectivity index (χ0) is 19.3. The molecule has 1 saturated heterocycles. The van der Waals surface area contributed by atoms with Gasteiger partial charge in [-0.1, -0.05) is 12.1 Å². The number of ether oxygens (including phenoxy) is 1. The van der Waals surface area contributed by atoms with E-state index in [1.807, 2.05) is 31.2 Å². The minimum absolute atomic E-state index is 0.231. The van der Waals surface area contributed by atoms with Gasteiger partial charge in [0.1, 0.15) is 17.5 Å². The number of hydrogen-bond donors (Lipinski definition) is 0. The molecule has 2 aromatic heterocycles. The summed E-state index contributed by atoms with van der Waals surface area (Å²) >= 11 is 0. The molecule has 1 atom stereocenters. The monoisotopic (exact) mass is 378 g/mol. The Kier molecular flexibility index (Phi) is 5.58. The zero-order valence-electron chi connectivity index (χ0n) is 15.9. The molecule has 5 nitrogen and oxygen atoms in total. The number of aryl methyl sites for hydroxylation is 1. The van der Waals surface area contributed by atoms with Crippen molar-refractivity contribution in [3.05, 3.63) is 83.3 Å². The molecule has 0 spiro atoms. The van der Waals surface area contributed by atoms with Gasteiger partial charge in [0.2, 0.25) is 0 Å². The van der Waals surface area contributed by atoms with Crippen LogP contribution in [0.25, 0.3) is 0 Å². The summed E-state index contributed by atoms with van der Waals surface area (Å²) in [5, 5.41) is 0. The molecule has 4 rings (SSSR count). The second kappa shape index (κ2) is 8.44. The van der Waals surface area contributed by atoms with Crippen molar-refractivity contribution < 1.29 is 9.13 Å². The lowest BCUT2D eigenvalue weighted by molar-refractivity contribution is 0.193. The Morgan fingerprint density at radius 1 is 1.04 bits per heavy atom. The summed E-state index contributed by atoms with van der Waals surface area (Å²) in [5.41, 5.74) is 3.19. The quantitative estimate of drug-likeness (QED) is 0.648. The van der Waals surface area contributed by atoms with E-state index in [9.17, 15) is 4.39 Å². The highest BCUT2D eigenvalue weighted by molar-refractivity contribution is 5.43. The summed E-state index contributed by atoms with van der Waals surface area (Å²) in [7, 11) is 0. The fourth-order valence-corrected chi connectivity index (χ4v) is 3.45. The standard InChI is InChI=1S/C22H23FN4O/c1-16-25-21(19-8-11-28-15-19)12-22(26-16)27(14-18-6-9-24-10-7-18)13-17-2-4-20(23)5-3-17/h2-7,9-10,12,19H,8,11,13-15H2,1H3/t19-/m0/s1. The van der Waals surface area contributed by atoms with Gasteiger partial charge in [0.25, 0.3) is 0 Å². The first kappa shape index (κ1) is 18.5. The molecule has 1 aliphatic heterocycles. The maximum atomic E-state index is 13.3. The van der Waals surface area contributed by atoms with Gasteiger partial charge < -0.3 is 9.64 Å². The van der Waals surface area contributed by atoms with Crippen LogP contribution in [-0.4, -0.2) is 28.2 Å². The number of aromatic nitrogens is 3. The number of anilines is 1. The Hall–Kier alpha value is -2.86. The number of rotatable bonds is 6. The summed E-state index contributed by atoms with van der Waals surface area (Å²) in [6, 6.07) is 12.7. The number of benzene rings is 1. The summed E-state index contributed by atoms with van der Waals surface area (Å²) in [6.45, 7) is 4.71. The predicted octanol–water partition coefficient (Wildman–Crippen LogP) is 4.03. The van der Waals surface area contributed by atoms with Gasteiger partial charge in [-0.3, -0.25) is 4.98 Å². The number of hydrogen-bond acceptors (Lipinski definition) is 5. The lowest BCUT2D eigenvalue weighted by Crippen LogP contribution is -2.24. The van der Waals surface area contributed by atoms with Crippen LogP contribution >= 0.6 is 0 Å². The largest absolute Gasteiger partial charge is 0.381 e. The van der Waals surface area contributed by atoms with E-state index in [0.717, 1.165) is 41.5 Å². The fraction of sp³-hybridized carbons (Fsp3) is 0.318. The SMILES string of the molecule is Cc1nc([C@H]2CCOC2)cc(N(Cc2ccncc2)Cc2ccc(F)cc2)n1. The summed E-state index contributed by atoms with van der Waals surface area (Å²) in [6.07, 6.45) is 4.56. The lowest BCUT2D eigenvalue weighted by atomic mass is 10.0. The molecule has 1 aromatic carbocycles. The molecule has 6 heteroatoms. The van der Waals surface area contributed by atoms with Crippen molar-refractivity contribution in [2.75, 3.05) is 18.1 Å². The molecule has 1 fully saturated rings. The third-order valence-corrected chi connectivity index (χ3v) is 4.93. The smallest absolute Gasteiger partial charge is 0.133 e. The molecule has 0 N–H and O–H groups in total. The van der Waals surface area contributed by atoms with Crippen LogP contribution < -0.4 is 4.90 Å². The molecule has 0 aliphatic carbocycles. The Morgan fingerprint density at radius 3 is 2.43 bits per heavy atom. The van der Waals surface area contributed by atoms with Crippen molar-refractivity contribution >= 4 is 5.82 Å². The first-order chi connectivity index (χ1) is 13.7. The molecule has 144 valence electrons. The Balaban J connectivity index is 1.66. The molecule has 0 saturated carbocycles. The second-order valence-corrected chi connectivity index (χ2v) is 7.10. The average molecular weight is 378 g/mol. The Morgan fingerprint density at radius 2 is 1.75 bits per heavy atom. The van der Waals surface area contributed by atoms with E-state index in [2.05, 4.69) is 20.9 Å². The van der Waals surface area contributed by atoms with Crippen molar-refractivity contribution in [2.24, 2.45) is 0 Å². The molecule has 0 radical (unpaired) electrons. The van der Waals surface area contributed by atoms with Crippen molar-refractivity contribution in [2.45, 2.75) is 32.4 Å². The topological polar surface area (TPSA) is 51.1 Å². The number of nitrogens with zero attached hydrogens (tertiary/aromatic N) is 4. The van der Waals surface area contributed by atoms with E-state index in [0.29, 0.717) is 25.6 Å². The van der Waals surface area contributed by atoms with E-state index in [-0.39, 0.29) is 5.82 Å². The minimum atomic E-state index is -0.231. The van der Waals surface area contributed by atoms with Gasteiger partial charge in [0.15, 0.2) is 0 Å². The van der Waals surface area contributed by atoms with Crippen LogP contribution in [0.3, 0.4) is 0 Å². The van der Waals surface area contributed by atoms with Crippen LogP contribution in [0.2, 0.25) is 0 Å². The predicted molar refractivity (Wildman–Crippen MR) is 105 cm³/mol. The maximum absolute atomic E-state index is 13.3. The molecule has 3 aromatic rings.